The van der Waals surface area contributed by atoms with Gasteiger partial charge in [-0.2, -0.15) is 0 Å². The first-order chi connectivity index (χ1) is 9.69. The number of hydrogen-bond acceptors (Lipinski definition) is 5. The van der Waals surface area contributed by atoms with Crippen molar-refractivity contribution in [3.8, 4) is 0 Å². The van der Waals surface area contributed by atoms with Crippen LogP contribution in [-0.4, -0.2) is 61.8 Å². The summed E-state index contributed by atoms with van der Waals surface area (Å²) in [7, 11) is 1.55. The minimum absolute atomic E-state index is 0.100. The van der Waals surface area contributed by atoms with E-state index in [0.717, 1.165) is 0 Å². The number of ether oxygens (including phenoxy) is 1. The van der Waals surface area contributed by atoms with Gasteiger partial charge in [-0.3, -0.25) is 9.59 Å². The fraction of sp³-hybridized carbons (Fsp3) is 0.538. The smallest absolute Gasteiger partial charge is 0.254 e. The van der Waals surface area contributed by atoms with Crippen LogP contribution in [0.4, 0.5) is 0 Å². The van der Waals surface area contributed by atoms with Crippen LogP contribution in [0.2, 0.25) is 0 Å². The molecule has 2 amide bonds. The minimum Gasteiger partial charge on any atom is -0.472 e. The van der Waals surface area contributed by atoms with Gasteiger partial charge in [0.2, 0.25) is 5.91 Å². The van der Waals surface area contributed by atoms with Gasteiger partial charge in [-0.1, -0.05) is 0 Å². The first kappa shape index (κ1) is 16.2. The predicted molar refractivity (Wildman–Crippen MR) is 71.2 cm³/mol. The quantitative estimate of drug-likeness (QED) is 0.659. The molecule has 0 saturated carbocycles. The van der Waals surface area contributed by atoms with Crippen molar-refractivity contribution < 1.29 is 23.8 Å². The molecule has 1 aromatic heterocycles. The molecule has 20 heavy (non-hydrogen) atoms. The van der Waals surface area contributed by atoms with Crippen molar-refractivity contribution in [2.24, 2.45) is 0 Å². The second-order valence-corrected chi connectivity index (χ2v) is 4.12. The van der Waals surface area contributed by atoms with E-state index in [1.54, 1.807) is 13.2 Å². The fourth-order valence-corrected chi connectivity index (χ4v) is 1.62. The molecule has 1 aromatic rings. The van der Waals surface area contributed by atoms with E-state index in [4.69, 9.17) is 14.3 Å². The van der Waals surface area contributed by atoms with Crippen molar-refractivity contribution in [1.82, 2.24) is 10.2 Å². The monoisotopic (exact) mass is 284 g/mol. The largest absolute Gasteiger partial charge is 0.472 e. The SMILES string of the molecule is COCCN(CCO)C(=O)CCNC(=O)c1ccoc1. The summed E-state index contributed by atoms with van der Waals surface area (Å²) in [6.45, 7) is 1.23. The topological polar surface area (TPSA) is 92.0 Å². The van der Waals surface area contributed by atoms with Gasteiger partial charge in [-0.15, -0.1) is 0 Å². The van der Waals surface area contributed by atoms with Crippen LogP contribution in [0.5, 0.6) is 0 Å². The average Bonchev–Trinajstić information content (AvgIpc) is 2.97. The highest BCUT2D eigenvalue weighted by atomic mass is 16.5. The molecule has 1 heterocycles. The molecule has 0 atom stereocenters. The number of rotatable bonds is 9. The molecular formula is C13H20N2O5. The van der Waals surface area contributed by atoms with Crippen LogP contribution >= 0.6 is 0 Å². The van der Waals surface area contributed by atoms with Gasteiger partial charge in [0, 0.05) is 33.2 Å². The Balaban J connectivity index is 2.31. The molecule has 0 aliphatic rings. The number of furan rings is 1. The molecule has 7 heteroatoms. The molecule has 0 aliphatic carbocycles. The standard InChI is InChI=1S/C13H20N2O5/c1-19-9-6-15(5-7-16)12(17)2-4-14-13(18)11-3-8-20-10-11/h3,8,10,16H,2,4-7,9H2,1H3,(H,14,18). The zero-order valence-corrected chi connectivity index (χ0v) is 11.5. The molecule has 0 unspecified atom stereocenters. The van der Waals surface area contributed by atoms with E-state index in [9.17, 15) is 9.59 Å². The Hall–Kier alpha value is -1.86. The third-order valence-corrected chi connectivity index (χ3v) is 2.70. The minimum atomic E-state index is -0.280. The van der Waals surface area contributed by atoms with Gasteiger partial charge in [0.15, 0.2) is 0 Å². The highest BCUT2D eigenvalue weighted by molar-refractivity contribution is 5.94. The number of methoxy groups -OCH3 is 1. The van der Waals surface area contributed by atoms with Crippen molar-refractivity contribution in [1.29, 1.82) is 0 Å². The van der Waals surface area contributed by atoms with E-state index < -0.39 is 0 Å². The van der Waals surface area contributed by atoms with Gasteiger partial charge < -0.3 is 24.5 Å². The van der Waals surface area contributed by atoms with Crippen molar-refractivity contribution in [2.75, 3.05) is 40.0 Å². The molecule has 112 valence electrons. The van der Waals surface area contributed by atoms with E-state index in [1.165, 1.54) is 17.4 Å². The van der Waals surface area contributed by atoms with Crippen LogP contribution in [0.1, 0.15) is 16.8 Å². The number of aliphatic hydroxyl groups excluding tert-OH is 1. The lowest BCUT2D eigenvalue weighted by atomic mass is 10.3. The van der Waals surface area contributed by atoms with Crippen molar-refractivity contribution in [3.63, 3.8) is 0 Å². The summed E-state index contributed by atoms with van der Waals surface area (Å²) < 4.78 is 9.70. The molecule has 0 bridgehead atoms. The third kappa shape index (κ3) is 5.41. The highest BCUT2D eigenvalue weighted by Gasteiger charge is 2.13. The van der Waals surface area contributed by atoms with E-state index in [2.05, 4.69) is 5.32 Å². The summed E-state index contributed by atoms with van der Waals surface area (Å²) in [4.78, 5) is 25.0. The van der Waals surface area contributed by atoms with Gasteiger partial charge in [-0.05, 0) is 6.07 Å². The Morgan fingerprint density at radius 2 is 2.25 bits per heavy atom. The van der Waals surface area contributed by atoms with Crippen LogP contribution in [0.15, 0.2) is 23.0 Å². The number of carbonyl (C=O) groups is 2. The molecule has 0 radical (unpaired) electrons. The average molecular weight is 284 g/mol. The van der Waals surface area contributed by atoms with Crippen molar-refractivity contribution >= 4 is 11.8 Å². The van der Waals surface area contributed by atoms with Gasteiger partial charge in [0.25, 0.3) is 5.91 Å². The molecule has 0 aromatic carbocycles. The number of nitrogens with zero attached hydrogens (tertiary/aromatic N) is 1. The number of hydrogen-bond donors (Lipinski definition) is 2. The Kier molecular flexibility index (Phi) is 7.38. The zero-order valence-electron chi connectivity index (χ0n) is 11.5. The third-order valence-electron chi connectivity index (χ3n) is 2.70. The van der Waals surface area contributed by atoms with E-state index in [1.807, 2.05) is 0 Å². The molecule has 0 spiro atoms. The van der Waals surface area contributed by atoms with Crippen molar-refractivity contribution in [2.45, 2.75) is 6.42 Å². The van der Waals surface area contributed by atoms with Gasteiger partial charge >= 0.3 is 0 Å². The Morgan fingerprint density at radius 1 is 1.45 bits per heavy atom. The lowest BCUT2D eigenvalue weighted by Gasteiger charge is -2.21. The van der Waals surface area contributed by atoms with Crippen LogP contribution in [0.25, 0.3) is 0 Å². The summed E-state index contributed by atoms with van der Waals surface area (Å²) in [6, 6.07) is 1.55. The molecular weight excluding hydrogens is 264 g/mol. The molecule has 0 saturated heterocycles. The predicted octanol–water partition coefficient (Wildman–Crippen LogP) is -0.133. The molecule has 2 N–H and O–H groups in total. The summed E-state index contributed by atoms with van der Waals surface area (Å²) >= 11 is 0. The van der Waals surface area contributed by atoms with Crippen molar-refractivity contribution in [3.05, 3.63) is 24.2 Å². The number of aliphatic hydroxyl groups is 1. The fourth-order valence-electron chi connectivity index (χ4n) is 1.62. The van der Waals surface area contributed by atoms with Gasteiger partial charge in [0.1, 0.15) is 6.26 Å². The number of carbonyl (C=O) groups excluding carboxylic acids is 2. The second kappa shape index (κ2) is 9.11. The molecule has 1 rings (SSSR count). The zero-order chi connectivity index (χ0) is 14.8. The maximum Gasteiger partial charge on any atom is 0.254 e. The summed E-state index contributed by atoms with van der Waals surface area (Å²) in [5, 5.41) is 11.5. The normalized spacial score (nSPS) is 10.3. The summed E-state index contributed by atoms with van der Waals surface area (Å²) in [5.74, 6) is -0.416. The second-order valence-electron chi connectivity index (χ2n) is 4.12. The van der Waals surface area contributed by atoms with E-state index in [0.29, 0.717) is 18.7 Å². The molecule has 7 nitrogen and oxygen atoms in total. The van der Waals surface area contributed by atoms with E-state index in [-0.39, 0.29) is 37.9 Å². The Bertz CT molecular complexity index is 405. The van der Waals surface area contributed by atoms with Crippen LogP contribution in [0, 0.1) is 0 Å². The maximum absolute atomic E-state index is 11.9. The summed E-state index contributed by atoms with van der Waals surface area (Å²) in [5.41, 5.74) is 0.420. The number of nitrogens with one attached hydrogen (secondary N) is 1. The first-order valence-corrected chi connectivity index (χ1v) is 6.37. The van der Waals surface area contributed by atoms with Crippen LogP contribution < -0.4 is 5.32 Å². The van der Waals surface area contributed by atoms with Crippen LogP contribution in [-0.2, 0) is 9.53 Å². The van der Waals surface area contributed by atoms with Gasteiger partial charge in [0.05, 0.1) is 25.0 Å². The summed E-state index contributed by atoms with van der Waals surface area (Å²) in [6.07, 6.45) is 2.93. The highest BCUT2D eigenvalue weighted by Crippen LogP contribution is 1.99. The number of amides is 2. The van der Waals surface area contributed by atoms with Crippen LogP contribution in [0.3, 0.4) is 0 Å². The molecule has 0 aliphatic heterocycles. The first-order valence-electron chi connectivity index (χ1n) is 6.37. The molecule has 0 fully saturated rings. The Morgan fingerprint density at radius 3 is 2.85 bits per heavy atom. The lowest BCUT2D eigenvalue weighted by molar-refractivity contribution is -0.132. The maximum atomic E-state index is 11.9. The Labute approximate surface area is 117 Å². The lowest BCUT2D eigenvalue weighted by Crippen LogP contribution is -2.38. The van der Waals surface area contributed by atoms with Gasteiger partial charge in [-0.25, -0.2) is 0 Å². The van der Waals surface area contributed by atoms with E-state index >= 15 is 0 Å².